The molecule has 17 heteroatoms. The number of hydrogen-bond donors (Lipinski definition) is 1. The summed E-state index contributed by atoms with van der Waals surface area (Å²) in [4.78, 5) is 0. The minimum atomic E-state index is -3.38. The van der Waals surface area contributed by atoms with E-state index in [1.165, 1.54) is 6.55 Å². The lowest BCUT2D eigenvalue weighted by molar-refractivity contribution is 0.293. The number of aliphatic hydroxyl groups excluding tert-OH is 1. The first kappa shape index (κ1) is 21.1. The third-order valence-corrected chi connectivity index (χ3v) is 43.7. The zero-order valence-corrected chi connectivity index (χ0v) is 18.8. The molecule has 0 saturated heterocycles. The normalized spacial score (nSPS) is 12.7. The molecule has 9 nitrogen and oxygen atoms in total. The van der Waals surface area contributed by atoms with Crippen molar-refractivity contribution < 1.29 is 40.5 Å². The smallest absolute Gasteiger partial charge is 0.532 e. The van der Waals surface area contributed by atoms with Crippen LogP contribution in [0.4, 0.5) is 0 Å². The van der Waals surface area contributed by atoms with Crippen LogP contribution in [0.1, 0.15) is 6.42 Å². The van der Waals surface area contributed by atoms with Gasteiger partial charge < -0.3 is 40.5 Å². The van der Waals surface area contributed by atoms with Gasteiger partial charge in [0.1, 0.15) is 0 Å². The third-order valence-electron chi connectivity index (χ3n) is 2.40. The molecular weight excluding hydrogens is 417 g/mol. The summed E-state index contributed by atoms with van der Waals surface area (Å²) in [6.07, 6.45) is 0.144. The molecule has 0 aromatic rings. The van der Waals surface area contributed by atoms with E-state index in [1.807, 2.05) is 0 Å². The fourth-order valence-corrected chi connectivity index (χ4v) is 54.0. The van der Waals surface area contributed by atoms with Crippen molar-refractivity contribution in [3.8, 4) is 0 Å². The van der Waals surface area contributed by atoms with Crippen molar-refractivity contribution in [2.75, 3.05) is 6.61 Å². The van der Waals surface area contributed by atoms with Crippen LogP contribution in [-0.2, 0) is 35.3 Å². The summed E-state index contributed by atoms with van der Waals surface area (Å²) in [5.41, 5.74) is 0. The monoisotopic (exact) mass is 426 g/mol. The van der Waals surface area contributed by atoms with E-state index < -0.39 is 65.0 Å². The zero-order chi connectivity index (χ0) is 16.6. The Labute approximate surface area is 131 Å². The number of hydrogen-bond acceptors (Lipinski definition) is 9. The molecule has 0 rings (SSSR count). The van der Waals surface area contributed by atoms with Crippen LogP contribution in [0.15, 0.2) is 0 Å². The molecule has 0 aromatic carbocycles. The van der Waals surface area contributed by atoms with Gasteiger partial charge in [-0.2, -0.15) is 0 Å². The van der Waals surface area contributed by atoms with Crippen LogP contribution in [0.3, 0.4) is 0 Å². The maximum absolute atomic E-state index is 12.3. The fourth-order valence-electron chi connectivity index (χ4n) is 1.35. The lowest BCUT2D eigenvalue weighted by atomic mass is 10.5. The minimum Gasteiger partial charge on any atom is -0.574 e. The molecule has 112 valence electrons. The SMILES string of the molecule is C[Si](CCCO)(O[Si](=O)[Si]=O)[Si](=O)[Si](=O)[Si](=O)[Si](=O)[Si]=O. The Morgan fingerprint density at radius 1 is 1.05 bits per heavy atom. The fraction of sp³-hybridized carbons (Fsp3) is 1.00. The summed E-state index contributed by atoms with van der Waals surface area (Å²) in [5.74, 6) is 0. The van der Waals surface area contributed by atoms with Crippen LogP contribution in [0, 0.1) is 0 Å². The van der Waals surface area contributed by atoms with Crippen molar-refractivity contribution >= 4 is 65.0 Å². The van der Waals surface area contributed by atoms with Gasteiger partial charge >= 0.3 is 57.2 Å². The van der Waals surface area contributed by atoms with E-state index >= 15 is 0 Å². The second kappa shape index (κ2) is 9.98. The average Bonchev–Trinajstić information content (AvgIpc) is 2.49. The van der Waals surface area contributed by atoms with Gasteiger partial charge in [0.2, 0.25) is 0 Å². The summed E-state index contributed by atoms with van der Waals surface area (Å²) < 4.78 is 84.7. The molecule has 0 bridgehead atoms. The van der Waals surface area contributed by atoms with E-state index in [-0.39, 0.29) is 19.1 Å². The second-order valence-electron chi connectivity index (χ2n) is 3.97. The van der Waals surface area contributed by atoms with Crippen LogP contribution in [0.5, 0.6) is 0 Å². The van der Waals surface area contributed by atoms with Gasteiger partial charge in [-0.25, -0.2) is 0 Å². The molecule has 0 aliphatic heterocycles. The van der Waals surface area contributed by atoms with Crippen LogP contribution in [0.2, 0.25) is 12.6 Å². The molecule has 1 atom stereocenters. The Balaban J connectivity index is 5.36. The molecule has 0 saturated carbocycles. The van der Waals surface area contributed by atoms with Gasteiger partial charge in [0.25, 0.3) is 7.83 Å². The Bertz CT molecular complexity index is 516. The molecule has 21 heavy (non-hydrogen) atoms. The van der Waals surface area contributed by atoms with E-state index in [4.69, 9.17) is 9.22 Å². The number of aliphatic hydroxyl groups is 1. The first-order valence-electron chi connectivity index (χ1n) is 5.51. The van der Waals surface area contributed by atoms with E-state index in [2.05, 4.69) is 0 Å². The van der Waals surface area contributed by atoms with Gasteiger partial charge in [-0.1, -0.05) is 0 Å². The van der Waals surface area contributed by atoms with Gasteiger partial charge in [-0.15, -0.1) is 0 Å². The first-order chi connectivity index (χ1) is 9.73. The highest BCUT2D eigenvalue weighted by atomic mass is 29.9. The summed E-state index contributed by atoms with van der Waals surface area (Å²) >= 11 is 0. The Morgan fingerprint density at radius 3 is 2.05 bits per heavy atom. The largest absolute Gasteiger partial charge is 0.574 e. The highest BCUT2D eigenvalue weighted by Crippen LogP contribution is 2.14. The molecule has 1 unspecified atom stereocenters. The third kappa shape index (κ3) is 6.39. The summed E-state index contributed by atoms with van der Waals surface area (Å²) in [7, 11) is -21.6. The second-order valence-corrected chi connectivity index (χ2v) is 33.9. The van der Waals surface area contributed by atoms with Gasteiger partial charge in [0, 0.05) is 6.61 Å². The molecule has 0 heterocycles. The van der Waals surface area contributed by atoms with Crippen LogP contribution >= 0.6 is 0 Å². The number of rotatable bonds is 11. The van der Waals surface area contributed by atoms with Crippen LogP contribution in [-0.4, -0.2) is 76.7 Å². The Hall–Kier alpha value is 0.0951. The maximum atomic E-state index is 12.3. The lowest BCUT2D eigenvalue weighted by Gasteiger charge is -2.22. The van der Waals surface area contributed by atoms with E-state index in [0.717, 1.165) is 0 Å². The molecule has 0 aliphatic rings. The Morgan fingerprint density at radius 2 is 1.62 bits per heavy atom. The van der Waals surface area contributed by atoms with E-state index in [9.17, 15) is 31.2 Å². The minimum absolute atomic E-state index is 0.0360. The highest BCUT2D eigenvalue weighted by Gasteiger charge is 2.51. The molecule has 0 aliphatic carbocycles. The molecule has 0 spiro atoms. The van der Waals surface area contributed by atoms with Gasteiger partial charge in [0.15, 0.2) is 0 Å². The maximum Gasteiger partial charge on any atom is 0.532 e. The average molecular weight is 427 g/mol. The topological polar surface area (TPSA) is 149 Å². The van der Waals surface area contributed by atoms with Crippen molar-refractivity contribution in [2.24, 2.45) is 0 Å². The molecule has 2 radical (unpaired) electrons. The molecule has 0 aromatic heterocycles. The molecular formula is C4H10O9Si8. The van der Waals surface area contributed by atoms with Crippen molar-refractivity contribution in [1.29, 1.82) is 0 Å². The van der Waals surface area contributed by atoms with Crippen molar-refractivity contribution in [3.63, 3.8) is 0 Å². The zero-order valence-electron chi connectivity index (χ0n) is 10.8. The quantitative estimate of drug-likeness (QED) is 0.340. The Kier molecular flexibility index (Phi) is 10.0. The standard InChI is InChI=1S/C4H10O9Si8/c1-21(4-2-3-5,13-16(8)14-6)20(12)19(11)18(10)17(9)15-7/h5H,2-4H2,1H3. The molecule has 0 fully saturated rings. The predicted octanol–water partition coefficient (Wildman–Crippen LogP) is -3.03. The van der Waals surface area contributed by atoms with Crippen molar-refractivity contribution in [2.45, 2.75) is 19.0 Å². The van der Waals surface area contributed by atoms with Gasteiger partial charge in [0.05, 0.1) is 0 Å². The van der Waals surface area contributed by atoms with Crippen LogP contribution in [0.25, 0.3) is 0 Å². The highest BCUT2D eigenvalue weighted by molar-refractivity contribution is 7.67. The van der Waals surface area contributed by atoms with Crippen molar-refractivity contribution in [1.82, 2.24) is 0 Å². The summed E-state index contributed by atoms with van der Waals surface area (Å²) in [6.45, 7) is 1.08. The first-order valence-corrected chi connectivity index (χ1v) is 22.9. The lowest BCUT2D eigenvalue weighted by Crippen LogP contribution is -2.57. The summed E-state index contributed by atoms with van der Waals surface area (Å²) in [6, 6.07) is 0.0360. The van der Waals surface area contributed by atoms with Crippen molar-refractivity contribution in [3.05, 3.63) is 0 Å². The predicted molar refractivity (Wildman–Crippen MR) is 74.3 cm³/mol. The van der Waals surface area contributed by atoms with E-state index in [1.54, 1.807) is 0 Å². The molecule has 1 N–H and O–H groups in total. The molecule has 0 amide bonds. The van der Waals surface area contributed by atoms with Crippen LogP contribution < -0.4 is 0 Å². The van der Waals surface area contributed by atoms with Gasteiger partial charge in [-0.05, 0) is 19.0 Å². The van der Waals surface area contributed by atoms with Gasteiger partial charge in [-0.3, -0.25) is 0 Å². The summed E-state index contributed by atoms with van der Waals surface area (Å²) in [5, 5.41) is 8.81. The van der Waals surface area contributed by atoms with E-state index in [0.29, 0.717) is 0 Å².